The first-order valence-electron chi connectivity index (χ1n) is 14.6. The monoisotopic (exact) mass is 598 g/mol. The second-order valence-corrected chi connectivity index (χ2v) is 15.3. The molecule has 39 heavy (non-hydrogen) atoms. The van der Waals surface area contributed by atoms with Gasteiger partial charge in [0.05, 0.1) is 41.0 Å². The number of ketones is 1. The number of quaternary nitrogens is 1. The molecule has 1 saturated carbocycles. The summed E-state index contributed by atoms with van der Waals surface area (Å²) in [6.07, 6.45) is 8.61. The third-order valence-corrected chi connectivity index (χ3v) is 13.4. The first kappa shape index (κ1) is 28.6. The fraction of sp³-hybridized carbons (Fsp3) is 0.846. The van der Waals surface area contributed by atoms with E-state index < -0.39 is 0 Å². The zero-order valence-corrected chi connectivity index (χ0v) is 25.0. The second kappa shape index (κ2) is 12.8. The van der Waals surface area contributed by atoms with Gasteiger partial charge in [0.15, 0.2) is 5.78 Å². The molecule has 6 aliphatic rings. The molecule has 13 heteroatoms. The van der Waals surface area contributed by atoms with Crippen molar-refractivity contribution in [3.63, 3.8) is 0 Å². The van der Waals surface area contributed by atoms with Crippen molar-refractivity contribution in [2.75, 3.05) is 38.6 Å². The summed E-state index contributed by atoms with van der Waals surface area (Å²) in [5.74, 6) is 1.40. The molecule has 6 rings (SSSR count). The summed E-state index contributed by atoms with van der Waals surface area (Å²) in [7, 11) is 0. The number of rotatable bonds is 7. The smallest absolute Gasteiger partial charge is 0.236 e. The molecule has 0 aromatic carbocycles. The molecule has 0 aromatic rings. The summed E-state index contributed by atoms with van der Waals surface area (Å²) in [5.41, 5.74) is 10.2. The van der Waals surface area contributed by atoms with Crippen LogP contribution in [0.3, 0.4) is 0 Å². The first-order valence-corrected chi connectivity index (χ1v) is 17.4. The molecule has 1 aliphatic carbocycles. The Kier molecular flexibility index (Phi) is 9.38. The Morgan fingerprint density at radius 3 is 2.77 bits per heavy atom. The zero-order valence-electron chi connectivity index (χ0n) is 22.5. The molecule has 5 heterocycles. The van der Waals surface area contributed by atoms with Gasteiger partial charge in [-0.15, -0.1) is 23.5 Å². The van der Waals surface area contributed by atoms with Crippen LogP contribution in [0.5, 0.6) is 0 Å². The fourth-order valence-electron chi connectivity index (χ4n) is 7.05. The number of amides is 1. The van der Waals surface area contributed by atoms with Crippen LogP contribution < -0.4 is 32.1 Å². The van der Waals surface area contributed by atoms with Crippen LogP contribution in [0.15, 0.2) is 11.1 Å². The Labute approximate surface area is 244 Å². The van der Waals surface area contributed by atoms with Crippen LogP contribution in [0, 0.1) is 5.92 Å². The molecule has 0 radical (unpaired) electrons. The summed E-state index contributed by atoms with van der Waals surface area (Å²) in [6, 6.07) is 1.12. The van der Waals surface area contributed by atoms with Crippen molar-refractivity contribution in [2.24, 2.45) is 11.7 Å². The second-order valence-electron chi connectivity index (χ2n) is 11.9. The SMILES string of the molecule is NC(=O)C1NCC(N[C@H]2CCCC[C@H]2[NH3+])CC1NC1CC(C2CSC3C(=O)C=C(N4CCOCC4)SC32)NS1. The van der Waals surface area contributed by atoms with Crippen LogP contribution in [0.25, 0.3) is 0 Å². The summed E-state index contributed by atoms with van der Waals surface area (Å²) in [6.45, 7) is 3.91. The highest BCUT2D eigenvalue weighted by Gasteiger charge is 2.49. The van der Waals surface area contributed by atoms with Crippen LogP contribution in [0.4, 0.5) is 0 Å². The normalized spacial score (nSPS) is 43.3. The first-order chi connectivity index (χ1) is 19.0. The molecule has 8 unspecified atom stereocenters. The third-order valence-electron chi connectivity index (χ3n) is 9.25. The molecule has 0 bridgehead atoms. The Bertz CT molecular complexity index is 938. The number of primary amides is 1. The third kappa shape index (κ3) is 6.46. The van der Waals surface area contributed by atoms with E-state index in [-0.39, 0.29) is 39.6 Å². The maximum Gasteiger partial charge on any atom is 0.236 e. The topological polar surface area (TPSA) is 148 Å². The number of morpholine rings is 1. The van der Waals surface area contributed by atoms with Gasteiger partial charge in [-0.2, -0.15) is 0 Å². The molecule has 9 N–H and O–H groups in total. The number of carbonyl (C=O) groups is 2. The van der Waals surface area contributed by atoms with Crippen molar-refractivity contribution in [2.45, 2.75) is 90.6 Å². The molecule has 10 atom stereocenters. The number of nitrogens with zero attached hydrogens (tertiary/aromatic N) is 1. The zero-order chi connectivity index (χ0) is 26.9. The van der Waals surface area contributed by atoms with E-state index in [1.54, 1.807) is 11.9 Å². The molecule has 5 aliphatic heterocycles. The van der Waals surface area contributed by atoms with Crippen LogP contribution >= 0.6 is 35.5 Å². The van der Waals surface area contributed by atoms with E-state index in [1.807, 2.05) is 29.6 Å². The summed E-state index contributed by atoms with van der Waals surface area (Å²) < 4.78 is 9.23. The number of hydrogen-bond donors (Lipinski definition) is 6. The van der Waals surface area contributed by atoms with Gasteiger partial charge in [-0.05, 0) is 37.4 Å². The average molecular weight is 599 g/mol. The number of thioether (sulfide) groups is 2. The highest BCUT2D eigenvalue weighted by molar-refractivity contribution is 8.07. The molecule has 0 spiro atoms. The molecule has 218 valence electrons. The quantitative estimate of drug-likeness (QED) is 0.205. The van der Waals surface area contributed by atoms with Crippen LogP contribution in [-0.2, 0) is 14.3 Å². The standard InChI is InChI=1S/C26H43N7O3S3/c27-16-3-1-2-4-17(16)30-14-9-19(23(26(28)35)29-12-14)31-21-10-18(32-39-21)15-13-37-25-20(34)11-22(38-24(15)25)33-5-7-36-8-6-33/h11,14-19,21,23-25,29-32H,1-10,12-13,27H2,(H2,28,35)/p+1/t14?,15?,16-,17+,18?,19?,21?,23?,24?,25?/m1/s1. The number of carbonyl (C=O) groups excluding carboxylic acids is 2. The highest BCUT2D eigenvalue weighted by atomic mass is 32.2. The minimum Gasteiger partial charge on any atom is -0.378 e. The maximum atomic E-state index is 13.0. The van der Waals surface area contributed by atoms with E-state index in [1.165, 1.54) is 25.7 Å². The summed E-state index contributed by atoms with van der Waals surface area (Å²) in [4.78, 5) is 27.7. The number of allylic oxidation sites excluding steroid dienone is 1. The minimum atomic E-state index is -0.372. The largest absolute Gasteiger partial charge is 0.378 e. The van der Waals surface area contributed by atoms with E-state index >= 15 is 0 Å². The van der Waals surface area contributed by atoms with Gasteiger partial charge in [-0.3, -0.25) is 19.6 Å². The number of piperidine rings is 1. The molecule has 10 nitrogen and oxygen atoms in total. The number of hydrogen-bond acceptors (Lipinski definition) is 11. The van der Waals surface area contributed by atoms with Crippen molar-refractivity contribution in [3.05, 3.63) is 11.1 Å². The van der Waals surface area contributed by atoms with E-state index in [0.29, 0.717) is 30.1 Å². The minimum absolute atomic E-state index is 0.0224. The molecular weight excluding hydrogens is 555 g/mol. The Morgan fingerprint density at radius 1 is 1.15 bits per heavy atom. The maximum absolute atomic E-state index is 13.0. The van der Waals surface area contributed by atoms with Gasteiger partial charge in [0.25, 0.3) is 0 Å². The van der Waals surface area contributed by atoms with Crippen molar-refractivity contribution in [3.8, 4) is 0 Å². The lowest BCUT2D eigenvalue weighted by Crippen LogP contribution is -2.72. The van der Waals surface area contributed by atoms with Crippen molar-refractivity contribution >= 4 is 47.2 Å². The molecule has 0 aromatic heterocycles. The van der Waals surface area contributed by atoms with Gasteiger partial charge in [0.2, 0.25) is 5.91 Å². The predicted octanol–water partition coefficient (Wildman–Crippen LogP) is -0.771. The van der Waals surface area contributed by atoms with E-state index in [0.717, 1.165) is 56.5 Å². The average Bonchev–Trinajstić information content (AvgIpc) is 3.58. The molecule has 1 amide bonds. The number of nitrogens with one attached hydrogen (secondary N) is 4. The van der Waals surface area contributed by atoms with E-state index in [2.05, 4.69) is 31.3 Å². The van der Waals surface area contributed by atoms with Crippen LogP contribution in [-0.4, -0.2) is 107 Å². The number of fused-ring (bicyclic) bond motifs is 1. The van der Waals surface area contributed by atoms with Crippen LogP contribution in [0.1, 0.15) is 38.5 Å². The van der Waals surface area contributed by atoms with E-state index in [4.69, 9.17) is 10.5 Å². The lowest BCUT2D eigenvalue weighted by molar-refractivity contribution is -0.431. The van der Waals surface area contributed by atoms with Crippen molar-refractivity contribution in [1.82, 2.24) is 25.6 Å². The predicted molar refractivity (Wildman–Crippen MR) is 158 cm³/mol. The van der Waals surface area contributed by atoms with Gasteiger partial charge in [-0.25, -0.2) is 0 Å². The van der Waals surface area contributed by atoms with Crippen molar-refractivity contribution in [1.29, 1.82) is 0 Å². The highest BCUT2D eigenvalue weighted by Crippen LogP contribution is 2.49. The molecule has 5 fully saturated rings. The van der Waals surface area contributed by atoms with Gasteiger partial charge in [0.1, 0.15) is 6.04 Å². The Morgan fingerprint density at radius 2 is 1.97 bits per heavy atom. The van der Waals surface area contributed by atoms with Crippen LogP contribution in [0.2, 0.25) is 0 Å². The number of ether oxygens (including phenoxy) is 1. The molecule has 4 saturated heterocycles. The Hall–Kier alpha value is -0.510. The lowest BCUT2D eigenvalue weighted by Gasteiger charge is -2.40. The fourth-order valence-corrected chi connectivity index (χ4v) is 11.7. The van der Waals surface area contributed by atoms with Crippen molar-refractivity contribution < 1.29 is 20.1 Å². The lowest BCUT2D eigenvalue weighted by atomic mass is 9.88. The summed E-state index contributed by atoms with van der Waals surface area (Å²) in [5, 5.41) is 12.7. The van der Waals surface area contributed by atoms with Gasteiger partial charge in [0, 0.05) is 55.5 Å². The van der Waals surface area contributed by atoms with Gasteiger partial charge >= 0.3 is 0 Å². The Balaban J connectivity index is 1.06. The van der Waals surface area contributed by atoms with Gasteiger partial charge in [-0.1, -0.05) is 18.4 Å². The molecular formula is C26H44N7O3S3+. The van der Waals surface area contributed by atoms with E-state index in [9.17, 15) is 9.59 Å². The number of nitrogens with two attached hydrogens (primary N) is 1. The summed E-state index contributed by atoms with van der Waals surface area (Å²) >= 11 is 5.46. The van der Waals surface area contributed by atoms with Gasteiger partial charge < -0.3 is 31.7 Å².